The number of carbonyl (C=O) groups is 1. The maximum absolute atomic E-state index is 12.0. The zero-order valence-corrected chi connectivity index (χ0v) is 14.6. The molecule has 0 aliphatic carbocycles. The molecule has 1 atom stereocenters. The molecule has 25 heavy (non-hydrogen) atoms. The summed E-state index contributed by atoms with van der Waals surface area (Å²) < 4.78 is 1.96. The van der Waals surface area contributed by atoms with E-state index in [1.54, 1.807) is 18.5 Å². The van der Waals surface area contributed by atoms with Crippen LogP contribution in [0.25, 0.3) is 5.69 Å². The molecule has 0 fully saturated rings. The fourth-order valence-electron chi connectivity index (χ4n) is 2.82. The lowest BCUT2D eigenvalue weighted by Gasteiger charge is -2.18. The van der Waals surface area contributed by atoms with Crippen LogP contribution in [0, 0.1) is 0 Å². The van der Waals surface area contributed by atoms with Crippen molar-refractivity contribution in [1.82, 2.24) is 9.55 Å². The molecule has 5 nitrogen and oxygen atoms in total. The molecule has 3 aromatic rings. The molecule has 126 valence electrons. The van der Waals surface area contributed by atoms with Crippen molar-refractivity contribution >= 4 is 35.1 Å². The number of halogens is 1. The number of rotatable bonds is 2. The second-order valence-electron chi connectivity index (χ2n) is 5.66. The maximum atomic E-state index is 12.0. The van der Waals surface area contributed by atoms with Crippen LogP contribution in [0.15, 0.2) is 54.9 Å². The topological polar surface area (TPSA) is 67.1 Å². The monoisotopic (exact) mass is 371 g/mol. The van der Waals surface area contributed by atoms with Gasteiger partial charge in [0.05, 0.1) is 16.7 Å². The average molecular weight is 372 g/mol. The minimum atomic E-state index is -0.0901. The lowest BCUT2D eigenvalue weighted by atomic mass is 10.1. The van der Waals surface area contributed by atoms with E-state index in [-0.39, 0.29) is 16.9 Å². The first-order valence-corrected chi connectivity index (χ1v) is 9.08. The maximum Gasteiger partial charge on any atom is 0.235 e. The molecular formula is C18H14ClN3O2S. The van der Waals surface area contributed by atoms with E-state index in [1.165, 1.54) is 11.8 Å². The van der Waals surface area contributed by atoms with E-state index in [1.807, 2.05) is 41.0 Å². The molecule has 1 aliphatic rings. The van der Waals surface area contributed by atoms with Gasteiger partial charge in [0.15, 0.2) is 5.82 Å². The van der Waals surface area contributed by atoms with Crippen LogP contribution in [0.3, 0.4) is 0 Å². The summed E-state index contributed by atoms with van der Waals surface area (Å²) in [6.45, 7) is 0. The van der Waals surface area contributed by atoms with Gasteiger partial charge in [0, 0.05) is 10.7 Å². The highest BCUT2D eigenvalue weighted by Gasteiger charge is 2.29. The van der Waals surface area contributed by atoms with Crippen molar-refractivity contribution in [2.75, 3.05) is 11.1 Å². The molecule has 1 amide bonds. The summed E-state index contributed by atoms with van der Waals surface area (Å²) in [6.07, 6.45) is 1.70. The Morgan fingerprint density at radius 2 is 1.88 bits per heavy atom. The molecule has 0 bridgehead atoms. The highest BCUT2D eigenvalue weighted by Crippen LogP contribution is 2.42. The number of phenolic OH excluding ortho intramolecular Hbond substituents is 1. The Balaban J connectivity index is 1.86. The number of phenols is 1. The van der Waals surface area contributed by atoms with Crippen molar-refractivity contribution in [2.45, 2.75) is 5.25 Å². The number of benzene rings is 2. The molecule has 2 N–H and O–H groups in total. The predicted octanol–water partition coefficient (Wildman–Crippen LogP) is 4.01. The van der Waals surface area contributed by atoms with E-state index in [0.717, 1.165) is 16.9 Å². The minimum absolute atomic E-state index is 0.0751. The Bertz CT molecular complexity index is 922. The Hall–Kier alpha value is -2.44. The number of hydrogen-bond donors (Lipinski definition) is 2. The summed E-state index contributed by atoms with van der Waals surface area (Å²) in [5.74, 6) is 1.03. The summed E-state index contributed by atoms with van der Waals surface area (Å²) in [6, 6.07) is 14.5. The SMILES string of the molecule is O=C1CS[C@@H](c2ccc(O)cc2)c2c(ncn2-c2ccc(Cl)cc2)N1. The van der Waals surface area contributed by atoms with Crippen molar-refractivity contribution < 1.29 is 9.90 Å². The van der Waals surface area contributed by atoms with Crippen LogP contribution in [0.1, 0.15) is 16.5 Å². The fourth-order valence-corrected chi connectivity index (χ4v) is 4.07. The second kappa shape index (κ2) is 6.46. The molecule has 1 aromatic heterocycles. The Morgan fingerprint density at radius 3 is 2.60 bits per heavy atom. The number of nitrogens with zero attached hydrogens (tertiary/aromatic N) is 2. The lowest BCUT2D eigenvalue weighted by molar-refractivity contribution is -0.113. The number of hydrogen-bond acceptors (Lipinski definition) is 4. The van der Waals surface area contributed by atoms with Gasteiger partial charge in [0.25, 0.3) is 0 Å². The van der Waals surface area contributed by atoms with Crippen LogP contribution >= 0.6 is 23.4 Å². The van der Waals surface area contributed by atoms with E-state index in [4.69, 9.17) is 11.6 Å². The Morgan fingerprint density at radius 1 is 1.16 bits per heavy atom. The van der Waals surface area contributed by atoms with Crippen molar-refractivity contribution in [2.24, 2.45) is 0 Å². The third kappa shape index (κ3) is 3.10. The molecule has 0 saturated heterocycles. The average Bonchev–Trinajstić information content (AvgIpc) is 2.93. The first kappa shape index (κ1) is 16.1. The number of anilines is 1. The van der Waals surface area contributed by atoms with Crippen LogP contribution < -0.4 is 5.32 Å². The quantitative estimate of drug-likeness (QED) is 0.714. The van der Waals surface area contributed by atoms with Crippen molar-refractivity contribution in [3.8, 4) is 11.4 Å². The molecule has 4 rings (SSSR count). The molecule has 2 heterocycles. The Kier molecular flexibility index (Phi) is 4.15. The molecule has 0 radical (unpaired) electrons. The van der Waals surface area contributed by atoms with Crippen LogP contribution in [0.5, 0.6) is 5.75 Å². The molecule has 0 unspecified atom stereocenters. The van der Waals surface area contributed by atoms with Crippen LogP contribution in [-0.2, 0) is 4.79 Å². The van der Waals surface area contributed by atoms with Gasteiger partial charge in [-0.25, -0.2) is 4.98 Å². The van der Waals surface area contributed by atoms with E-state index in [0.29, 0.717) is 16.6 Å². The minimum Gasteiger partial charge on any atom is -0.508 e. The third-order valence-electron chi connectivity index (χ3n) is 3.99. The third-order valence-corrected chi connectivity index (χ3v) is 5.50. The first-order chi connectivity index (χ1) is 12.1. The number of carbonyl (C=O) groups excluding carboxylic acids is 1. The van der Waals surface area contributed by atoms with Gasteiger partial charge in [0.1, 0.15) is 12.1 Å². The highest BCUT2D eigenvalue weighted by molar-refractivity contribution is 8.00. The van der Waals surface area contributed by atoms with Crippen molar-refractivity contribution in [3.05, 3.63) is 71.1 Å². The number of nitrogens with one attached hydrogen (secondary N) is 1. The zero-order valence-electron chi connectivity index (χ0n) is 13.0. The number of amides is 1. The van der Waals surface area contributed by atoms with Crippen LogP contribution in [0.2, 0.25) is 5.02 Å². The number of aromatic hydroxyl groups is 1. The first-order valence-electron chi connectivity index (χ1n) is 7.65. The van der Waals surface area contributed by atoms with Crippen molar-refractivity contribution in [1.29, 1.82) is 0 Å². The summed E-state index contributed by atoms with van der Waals surface area (Å²) >= 11 is 7.52. The van der Waals surface area contributed by atoms with E-state index in [2.05, 4.69) is 10.3 Å². The fraction of sp³-hybridized carbons (Fsp3) is 0.111. The largest absolute Gasteiger partial charge is 0.508 e. The Labute approximate surface area is 153 Å². The summed E-state index contributed by atoms with van der Waals surface area (Å²) in [4.78, 5) is 16.4. The molecular weight excluding hydrogens is 358 g/mol. The van der Waals surface area contributed by atoms with Crippen LogP contribution in [0.4, 0.5) is 5.82 Å². The van der Waals surface area contributed by atoms with Gasteiger partial charge in [-0.1, -0.05) is 23.7 Å². The highest BCUT2D eigenvalue weighted by atomic mass is 35.5. The van der Waals surface area contributed by atoms with E-state index in [9.17, 15) is 9.90 Å². The summed E-state index contributed by atoms with van der Waals surface area (Å²) in [5, 5.41) is 13.0. The number of aromatic nitrogens is 2. The summed E-state index contributed by atoms with van der Waals surface area (Å²) in [7, 11) is 0. The second-order valence-corrected chi connectivity index (χ2v) is 7.19. The van der Waals surface area contributed by atoms with Gasteiger partial charge in [-0.2, -0.15) is 0 Å². The molecule has 2 aromatic carbocycles. The zero-order chi connectivity index (χ0) is 17.4. The van der Waals surface area contributed by atoms with Gasteiger partial charge >= 0.3 is 0 Å². The molecule has 1 aliphatic heterocycles. The number of imidazole rings is 1. The normalized spacial score (nSPS) is 16.8. The smallest absolute Gasteiger partial charge is 0.235 e. The van der Waals surface area contributed by atoms with Crippen molar-refractivity contribution in [3.63, 3.8) is 0 Å². The number of fused-ring (bicyclic) bond motifs is 1. The summed E-state index contributed by atoms with van der Waals surface area (Å²) in [5.41, 5.74) is 2.80. The van der Waals surface area contributed by atoms with Gasteiger partial charge in [0.2, 0.25) is 5.91 Å². The van der Waals surface area contributed by atoms with E-state index < -0.39 is 0 Å². The molecule has 0 spiro atoms. The standard InChI is InChI=1S/C18H14ClN3O2S/c19-12-3-5-13(6-4-12)22-10-20-18-16(22)17(25-9-15(24)21-18)11-1-7-14(23)8-2-11/h1-8,10,17,23H,9H2,(H,21,24)/t17-/m0/s1. The van der Waals surface area contributed by atoms with Crippen LogP contribution in [-0.4, -0.2) is 26.3 Å². The molecule has 0 saturated carbocycles. The van der Waals surface area contributed by atoms with Gasteiger partial charge in [-0.05, 0) is 42.0 Å². The number of thioether (sulfide) groups is 1. The predicted molar refractivity (Wildman–Crippen MR) is 99.6 cm³/mol. The van der Waals surface area contributed by atoms with Gasteiger partial charge < -0.3 is 10.4 Å². The molecule has 7 heteroatoms. The van der Waals surface area contributed by atoms with Gasteiger partial charge in [-0.3, -0.25) is 9.36 Å². The van der Waals surface area contributed by atoms with E-state index >= 15 is 0 Å². The van der Waals surface area contributed by atoms with Gasteiger partial charge in [-0.15, -0.1) is 11.8 Å². The lowest BCUT2D eigenvalue weighted by Crippen LogP contribution is -2.12.